The second-order valence-corrected chi connectivity index (χ2v) is 8.36. The van der Waals surface area contributed by atoms with E-state index in [1.165, 1.54) is 24.3 Å². The Labute approximate surface area is 136 Å². The minimum Gasteiger partial charge on any atom is -0.283 e. The van der Waals surface area contributed by atoms with Gasteiger partial charge in [0.05, 0.1) is 10.6 Å². The van der Waals surface area contributed by atoms with E-state index in [1.807, 2.05) is 6.07 Å². The maximum absolute atomic E-state index is 12.1. The molecule has 0 saturated carbocycles. The van der Waals surface area contributed by atoms with Crippen LogP contribution in [0.15, 0.2) is 59.5 Å². The topological polar surface area (TPSA) is 92.3 Å². The molecule has 124 valence electrons. The van der Waals surface area contributed by atoms with Gasteiger partial charge in [-0.3, -0.25) is 4.72 Å². The van der Waals surface area contributed by atoms with Crippen LogP contribution < -0.4 is 9.44 Å². The van der Waals surface area contributed by atoms with Crippen LogP contribution in [-0.2, 0) is 25.8 Å². The van der Waals surface area contributed by atoms with Crippen LogP contribution in [0.3, 0.4) is 0 Å². The Balaban J connectivity index is 2.11. The molecular formula is C15H18N2O4S2. The average molecular weight is 354 g/mol. The Morgan fingerprint density at radius 2 is 1.48 bits per heavy atom. The Bertz CT molecular complexity index is 846. The molecule has 0 aliphatic rings. The van der Waals surface area contributed by atoms with Crippen molar-refractivity contribution in [2.24, 2.45) is 0 Å². The minimum atomic E-state index is -3.56. The highest BCUT2D eigenvalue weighted by Crippen LogP contribution is 2.16. The van der Waals surface area contributed by atoms with E-state index in [-0.39, 0.29) is 17.2 Å². The predicted octanol–water partition coefficient (Wildman–Crippen LogP) is 1.93. The molecule has 23 heavy (non-hydrogen) atoms. The van der Waals surface area contributed by atoms with Crippen molar-refractivity contribution in [2.45, 2.75) is 17.6 Å². The zero-order chi connectivity index (χ0) is 16.9. The van der Waals surface area contributed by atoms with E-state index < -0.39 is 20.0 Å². The van der Waals surface area contributed by atoms with E-state index in [0.29, 0.717) is 11.3 Å². The van der Waals surface area contributed by atoms with E-state index in [9.17, 15) is 16.8 Å². The predicted molar refractivity (Wildman–Crippen MR) is 90.0 cm³/mol. The number of rotatable bonds is 7. The lowest BCUT2D eigenvalue weighted by atomic mass is 10.2. The molecule has 2 N–H and O–H groups in total. The molecule has 2 aromatic rings. The number of sulfonamides is 2. The van der Waals surface area contributed by atoms with Gasteiger partial charge in [0.25, 0.3) is 0 Å². The van der Waals surface area contributed by atoms with Gasteiger partial charge >= 0.3 is 0 Å². The molecule has 0 bridgehead atoms. The monoisotopic (exact) mass is 354 g/mol. The summed E-state index contributed by atoms with van der Waals surface area (Å²) < 4.78 is 52.7. The molecule has 0 amide bonds. The van der Waals surface area contributed by atoms with Crippen LogP contribution in [0.1, 0.15) is 12.5 Å². The summed E-state index contributed by atoms with van der Waals surface area (Å²) in [4.78, 5) is 0.0883. The van der Waals surface area contributed by atoms with Gasteiger partial charge < -0.3 is 0 Å². The molecule has 0 atom stereocenters. The van der Waals surface area contributed by atoms with Crippen LogP contribution >= 0.6 is 0 Å². The van der Waals surface area contributed by atoms with Crippen molar-refractivity contribution in [2.75, 3.05) is 11.3 Å². The lowest BCUT2D eigenvalue weighted by Crippen LogP contribution is -2.23. The van der Waals surface area contributed by atoms with Gasteiger partial charge in [-0.15, -0.1) is 0 Å². The summed E-state index contributed by atoms with van der Waals surface area (Å²) in [6.07, 6.45) is 0. The molecule has 0 fully saturated rings. The first kappa shape index (κ1) is 17.5. The van der Waals surface area contributed by atoms with Crippen LogP contribution in [-0.4, -0.2) is 23.4 Å². The average Bonchev–Trinajstić information content (AvgIpc) is 2.47. The number of hydrogen-bond acceptors (Lipinski definition) is 4. The first-order chi connectivity index (χ1) is 10.8. The van der Waals surface area contributed by atoms with E-state index in [4.69, 9.17) is 0 Å². The fraction of sp³-hybridized carbons (Fsp3) is 0.200. The number of benzene rings is 2. The van der Waals surface area contributed by atoms with Crippen molar-refractivity contribution in [1.29, 1.82) is 0 Å². The van der Waals surface area contributed by atoms with Gasteiger partial charge in [0.1, 0.15) is 0 Å². The first-order valence-electron chi connectivity index (χ1n) is 6.96. The maximum atomic E-state index is 12.1. The van der Waals surface area contributed by atoms with Crippen LogP contribution in [0.5, 0.6) is 0 Å². The molecular weight excluding hydrogens is 336 g/mol. The van der Waals surface area contributed by atoms with Gasteiger partial charge in [0, 0.05) is 12.2 Å². The molecule has 2 aromatic carbocycles. The van der Waals surface area contributed by atoms with Crippen LogP contribution in [0.4, 0.5) is 5.69 Å². The third kappa shape index (κ3) is 5.05. The quantitative estimate of drug-likeness (QED) is 0.794. The smallest absolute Gasteiger partial charge is 0.240 e. The summed E-state index contributed by atoms with van der Waals surface area (Å²) in [5, 5.41) is 0. The summed E-state index contributed by atoms with van der Waals surface area (Å²) in [6, 6.07) is 14.4. The highest BCUT2D eigenvalue weighted by molar-refractivity contribution is 7.92. The molecule has 0 aromatic heterocycles. The highest BCUT2D eigenvalue weighted by atomic mass is 32.2. The summed E-state index contributed by atoms with van der Waals surface area (Å²) in [7, 11) is -7.11. The molecule has 8 heteroatoms. The van der Waals surface area contributed by atoms with Gasteiger partial charge in [0.2, 0.25) is 20.0 Å². The largest absolute Gasteiger partial charge is 0.283 e. The van der Waals surface area contributed by atoms with Crippen molar-refractivity contribution in [3.63, 3.8) is 0 Å². The zero-order valence-electron chi connectivity index (χ0n) is 12.6. The molecule has 0 saturated heterocycles. The third-order valence-corrected chi connectivity index (χ3v) is 5.79. The lowest BCUT2D eigenvalue weighted by molar-refractivity contribution is 0.584. The number of hydrogen-bond donors (Lipinski definition) is 2. The zero-order valence-corrected chi connectivity index (χ0v) is 14.2. The molecule has 0 radical (unpaired) electrons. The summed E-state index contributed by atoms with van der Waals surface area (Å²) >= 11 is 0. The van der Waals surface area contributed by atoms with Crippen molar-refractivity contribution in [3.05, 3.63) is 60.2 Å². The van der Waals surface area contributed by atoms with Gasteiger partial charge in [-0.25, -0.2) is 21.6 Å². The third-order valence-electron chi connectivity index (χ3n) is 2.97. The van der Waals surface area contributed by atoms with Crippen molar-refractivity contribution in [3.8, 4) is 0 Å². The van der Waals surface area contributed by atoms with E-state index >= 15 is 0 Å². The normalized spacial score (nSPS) is 12.0. The van der Waals surface area contributed by atoms with Crippen LogP contribution in [0.2, 0.25) is 0 Å². The van der Waals surface area contributed by atoms with E-state index in [2.05, 4.69) is 9.44 Å². The molecule has 0 heterocycles. The Hall–Kier alpha value is -1.90. The minimum absolute atomic E-state index is 0.0883. The summed E-state index contributed by atoms with van der Waals surface area (Å²) in [6.45, 7) is 1.97. The van der Waals surface area contributed by atoms with Gasteiger partial charge in [-0.2, -0.15) is 0 Å². The summed E-state index contributed by atoms with van der Waals surface area (Å²) in [5.74, 6) is -0.148. The van der Waals surface area contributed by atoms with Crippen molar-refractivity contribution >= 4 is 25.7 Å². The molecule has 2 rings (SSSR count). The second-order valence-electron chi connectivity index (χ2n) is 4.87. The second kappa shape index (κ2) is 7.12. The fourth-order valence-electron chi connectivity index (χ4n) is 1.98. The summed E-state index contributed by atoms with van der Waals surface area (Å²) in [5.41, 5.74) is 0.989. The van der Waals surface area contributed by atoms with Crippen LogP contribution in [0, 0.1) is 0 Å². The standard InChI is InChI=1S/C15H18N2O4S2/c1-2-16-23(20,21)15-10-8-14(9-11-15)17-22(18,19)12-13-6-4-3-5-7-13/h3-11,16-17H,2,12H2,1H3. The van der Waals surface area contributed by atoms with Gasteiger partial charge in [-0.1, -0.05) is 37.3 Å². The van der Waals surface area contributed by atoms with Crippen molar-refractivity contribution < 1.29 is 16.8 Å². The fourth-order valence-corrected chi connectivity index (χ4v) is 4.22. The SMILES string of the molecule is CCNS(=O)(=O)c1ccc(NS(=O)(=O)Cc2ccccc2)cc1. The van der Waals surface area contributed by atoms with Crippen molar-refractivity contribution in [1.82, 2.24) is 4.72 Å². The van der Waals surface area contributed by atoms with E-state index in [1.54, 1.807) is 31.2 Å². The maximum Gasteiger partial charge on any atom is 0.240 e. The Morgan fingerprint density at radius 1 is 0.870 bits per heavy atom. The van der Waals surface area contributed by atoms with E-state index in [0.717, 1.165) is 0 Å². The van der Waals surface area contributed by atoms with Crippen LogP contribution in [0.25, 0.3) is 0 Å². The molecule has 0 aliphatic heterocycles. The molecule has 0 aliphatic carbocycles. The first-order valence-corrected chi connectivity index (χ1v) is 10.1. The van der Waals surface area contributed by atoms with Gasteiger partial charge in [0.15, 0.2) is 0 Å². The Kier molecular flexibility index (Phi) is 5.40. The number of nitrogens with one attached hydrogen (secondary N) is 2. The van der Waals surface area contributed by atoms with Gasteiger partial charge in [-0.05, 0) is 29.8 Å². The molecule has 0 spiro atoms. The molecule has 6 nitrogen and oxygen atoms in total. The highest BCUT2D eigenvalue weighted by Gasteiger charge is 2.14. The molecule has 0 unspecified atom stereocenters. The lowest BCUT2D eigenvalue weighted by Gasteiger charge is -2.09. The number of anilines is 1. The Morgan fingerprint density at radius 3 is 2.04 bits per heavy atom.